The third-order valence-electron chi connectivity index (χ3n) is 7.26. The lowest BCUT2D eigenvalue weighted by Crippen LogP contribution is -2.42. The summed E-state index contributed by atoms with van der Waals surface area (Å²) in [6.07, 6.45) is 10.6. The molecule has 1 aliphatic carbocycles. The standard InChI is InChI=1S/C34H49ClO4/c1-5-9-18-36-25-30-23-28(24-33(38-19-10-6-2)34(30)39-20-11-7-3)27-14-17-32(35)29(22-27)21-26-12-15-31(16-13-26)37-8-4/h12-17,22-23,30,33-34H,5-11,18-21,24-25H2,1-4H3/t30-,33-,34-/m1/s1. The molecule has 0 bridgehead atoms. The van der Waals surface area contributed by atoms with Crippen molar-refractivity contribution in [2.75, 3.05) is 33.0 Å². The summed E-state index contributed by atoms with van der Waals surface area (Å²) < 4.78 is 24.7. The van der Waals surface area contributed by atoms with Crippen LogP contribution >= 0.6 is 11.6 Å². The first-order chi connectivity index (χ1) is 19.1. The second kappa shape index (κ2) is 17.8. The molecule has 216 valence electrons. The van der Waals surface area contributed by atoms with Gasteiger partial charge in [0.15, 0.2) is 0 Å². The molecule has 0 N–H and O–H groups in total. The number of halogens is 1. The van der Waals surface area contributed by atoms with E-state index in [1.807, 2.05) is 25.1 Å². The van der Waals surface area contributed by atoms with E-state index in [0.29, 0.717) is 13.2 Å². The summed E-state index contributed by atoms with van der Waals surface area (Å²) in [6.45, 7) is 12.2. The molecule has 39 heavy (non-hydrogen) atoms. The zero-order chi connectivity index (χ0) is 27.9. The molecule has 0 aromatic heterocycles. The van der Waals surface area contributed by atoms with E-state index in [4.69, 9.17) is 30.5 Å². The lowest BCUT2D eigenvalue weighted by molar-refractivity contribution is -0.104. The maximum atomic E-state index is 6.69. The van der Waals surface area contributed by atoms with Crippen LogP contribution < -0.4 is 4.74 Å². The van der Waals surface area contributed by atoms with Gasteiger partial charge in [0.05, 0.1) is 25.4 Å². The van der Waals surface area contributed by atoms with Crippen LogP contribution in [0.4, 0.5) is 0 Å². The van der Waals surface area contributed by atoms with Crippen LogP contribution in [0.2, 0.25) is 5.02 Å². The Morgan fingerprint density at radius 2 is 1.51 bits per heavy atom. The van der Waals surface area contributed by atoms with Crippen LogP contribution in [-0.2, 0) is 20.6 Å². The quantitative estimate of drug-likeness (QED) is 0.172. The Balaban J connectivity index is 1.85. The summed E-state index contributed by atoms with van der Waals surface area (Å²) >= 11 is 6.69. The van der Waals surface area contributed by atoms with Crippen molar-refractivity contribution < 1.29 is 18.9 Å². The number of hydrogen-bond donors (Lipinski definition) is 0. The van der Waals surface area contributed by atoms with E-state index in [2.05, 4.69) is 51.1 Å². The van der Waals surface area contributed by atoms with E-state index >= 15 is 0 Å². The number of hydrogen-bond acceptors (Lipinski definition) is 4. The van der Waals surface area contributed by atoms with Gasteiger partial charge in [-0.15, -0.1) is 0 Å². The van der Waals surface area contributed by atoms with Crippen LogP contribution in [-0.4, -0.2) is 45.2 Å². The summed E-state index contributed by atoms with van der Waals surface area (Å²) in [6, 6.07) is 14.7. The van der Waals surface area contributed by atoms with E-state index in [-0.39, 0.29) is 18.1 Å². The molecule has 4 nitrogen and oxygen atoms in total. The smallest absolute Gasteiger partial charge is 0.119 e. The molecule has 1 aliphatic rings. The highest BCUT2D eigenvalue weighted by Gasteiger charge is 2.35. The van der Waals surface area contributed by atoms with Gasteiger partial charge in [-0.3, -0.25) is 0 Å². The van der Waals surface area contributed by atoms with Gasteiger partial charge in [-0.1, -0.05) is 75.9 Å². The fourth-order valence-electron chi connectivity index (χ4n) is 4.98. The van der Waals surface area contributed by atoms with Crippen LogP contribution in [0, 0.1) is 5.92 Å². The molecular weight excluding hydrogens is 508 g/mol. The van der Waals surface area contributed by atoms with Crippen LogP contribution in [0.25, 0.3) is 5.57 Å². The van der Waals surface area contributed by atoms with Gasteiger partial charge < -0.3 is 18.9 Å². The first-order valence-electron chi connectivity index (χ1n) is 15.1. The molecule has 3 atom stereocenters. The fourth-order valence-corrected chi connectivity index (χ4v) is 5.16. The Hall–Kier alpha value is -1.85. The van der Waals surface area contributed by atoms with Crippen molar-refractivity contribution in [1.82, 2.24) is 0 Å². The molecule has 0 heterocycles. The maximum Gasteiger partial charge on any atom is 0.119 e. The molecule has 3 rings (SSSR count). The summed E-state index contributed by atoms with van der Waals surface area (Å²) in [5.74, 6) is 1.05. The van der Waals surface area contributed by atoms with Gasteiger partial charge in [0.1, 0.15) is 5.75 Å². The highest BCUT2D eigenvalue weighted by Crippen LogP contribution is 2.36. The number of unbranched alkanes of at least 4 members (excludes halogenated alkanes) is 3. The average Bonchev–Trinajstić information content (AvgIpc) is 2.94. The number of rotatable bonds is 18. The maximum absolute atomic E-state index is 6.69. The monoisotopic (exact) mass is 556 g/mol. The van der Waals surface area contributed by atoms with Gasteiger partial charge in [0.25, 0.3) is 0 Å². The van der Waals surface area contributed by atoms with Crippen molar-refractivity contribution in [2.24, 2.45) is 5.92 Å². The lowest BCUT2D eigenvalue weighted by Gasteiger charge is -2.37. The van der Waals surface area contributed by atoms with Crippen LogP contribution in [0.15, 0.2) is 48.5 Å². The minimum atomic E-state index is 0.00871. The predicted octanol–water partition coefficient (Wildman–Crippen LogP) is 8.92. The molecular formula is C34H49ClO4. The fraction of sp³-hybridized carbons (Fsp3) is 0.588. The molecule has 5 heteroatoms. The van der Waals surface area contributed by atoms with E-state index < -0.39 is 0 Å². The molecule has 0 amide bonds. The summed E-state index contributed by atoms with van der Waals surface area (Å²) in [7, 11) is 0. The zero-order valence-corrected chi connectivity index (χ0v) is 25.3. The van der Waals surface area contributed by atoms with Gasteiger partial charge in [0.2, 0.25) is 0 Å². The summed E-state index contributed by atoms with van der Waals surface area (Å²) in [5, 5.41) is 0.792. The van der Waals surface area contributed by atoms with Gasteiger partial charge in [-0.2, -0.15) is 0 Å². The van der Waals surface area contributed by atoms with Crippen molar-refractivity contribution in [3.05, 3.63) is 70.3 Å². The minimum Gasteiger partial charge on any atom is -0.494 e. The van der Waals surface area contributed by atoms with E-state index in [1.54, 1.807) is 0 Å². The van der Waals surface area contributed by atoms with Crippen molar-refractivity contribution in [2.45, 2.75) is 91.3 Å². The van der Waals surface area contributed by atoms with Crippen molar-refractivity contribution in [3.8, 4) is 5.75 Å². The Labute approximate surface area is 242 Å². The molecule has 0 radical (unpaired) electrons. The second-order valence-electron chi connectivity index (χ2n) is 10.5. The van der Waals surface area contributed by atoms with E-state index in [0.717, 1.165) is 87.5 Å². The SMILES string of the molecule is CCCCOC[C@H]1C=C(c2ccc(Cl)c(Cc3ccc(OCC)cc3)c2)C[C@@H](OCCCC)[C@@H]1OCCCC. The van der Waals surface area contributed by atoms with E-state index in [9.17, 15) is 0 Å². The third kappa shape index (κ3) is 10.2. The second-order valence-corrected chi connectivity index (χ2v) is 10.9. The van der Waals surface area contributed by atoms with Gasteiger partial charge in [-0.25, -0.2) is 0 Å². The molecule has 2 aromatic carbocycles. The van der Waals surface area contributed by atoms with Gasteiger partial charge in [0, 0.05) is 37.2 Å². The van der Waals surface area contributed by atoms with E-state index in [1.165, 1.54) is 16.7 Å². The topological polar surface area (TPSA) is 36.9 Å². The largest absolute Gasteiger partial charge is 0.494 e. The van der Waals surface area contributed by atoms with Gasteiger partial charge >= 0.3 is 0 Å². The highest BCUT2D eigenvalue weighted by atomic mass is 35.5. The van der Waals surface area contributed by atoms with Gasteiger partial charge in [-0.05, 0) is 79.1 Å². The van der Waals surface area contributed by atoms with Crippen LogP contribution in [0.5, 0.6) is 5.75 Å². The predicted molar refractivity (Wildman–Crippen MR) is 163 cm³/mol. The minimum absolute atomic E-state index is 0.00871. The zero-order valence-electron chi connectivity index (χ0n) is 24.6. The van der Waals surface area contributed by atoms with Crippen molar-refractivity contribution in [3.63, 3.8) is 0 Å². The molecule has 0 aliphatic heterocycles. The Morgan fingerprint density at radius 1 is 0.821 bits per heavy atom. The normalized spacial score (nSPS) is 19.2. The first-order valence-corrected chi connectivity index (χ1v) is 15.5. The van der Waals surface area contributed by atoms with Crippen molar-refractivity contribution in [1.29, 1.82) is 0 Å². The summed E-state index contributed by atoms with van der Waals surface area (Å²) in [4.78, 5) is 0. The lowest BCUT2D eigenvalue weighted by atomic mass is 9.82. The Kier molecular flexibility index (Phi) is 14.4. The molecule has 2 aromatic rings. The Morgan fingerprint density at radius 3 is 2.21 bits per heavy atom. The Bertz CT molecular complexity index is 987. The highest BCUT2D eigenvalue weighted by molar-refractivity contribution is 6.31. The van der Waals surface area contributed by atoms with Crippen molar-refractivity contribution >= 4 is 17.2 Å². The molecule has 0 fully saturated rings. The molecule has 0 spiro atoms. The van der Waals surface area contributed by atoms with Crippen LogP contribution in [0.1, 0.15) is 89.3 Å². The number of ether oxygens (including phenoxy) is 4. The summed E-state index contributed by atoms with van der Waals surface area (Å²) in [5.41, 5.74) is 4.83. The third-order valence-corrected chi connectivity index (χ3v) is 7.63. The molecule has 0 unspecified atom stereocenters. The average molecular weight is 557 g/mol. The first kappa shape index (κ1) is 31.7. The van der Waals surface area contributed by atoms with Crippen LogP contribution in [0.3, 0.4) is 0 Å². The molecule has 0 saturated heterocycles. The molecule has 0 saturated carbocycles. The number of benzene rings is 2.